The Morgan fingerprint density at radius 3 is 2.65 bits per heavy atom. The number of aromatic nitrogens is 4. The second kappa shape index (κ2) is 3.95. The predicted octanol–water partition coefficient (Wildman–Crippen LogP) is 1.27. The van der Waals surface area contributed by atoms with Crippen LogP contribution in [0.4, 0.5) is 0 Å². The second-order valence-electron chi connectivity index (χ2n) is 3.69. The maximum absolute atomic E-state index is 5.53. The SMILES string of the molecule is NCc1ccn(-c2ccc3nccnc3c2)n1. The topological polar surface area (TPSA) is 69.6 Å². The van der Waals surface area contributed by atoms with Gasteiger partial charge in [-0.05, 0) is 24.3 Å². The van der Waals surface area contributed by atoms with Gasteiger partial charge in [0.15, 0.2) is 0 Å². The van der Waals surface area contributed by atoms with Crippen molar-refractivity contribution < 1.29 is 0 Å². The van der Waals surface area contributed by atoms with Gasteiger partial charge in [-0.3, -0.25) is 9.97 Å². The van der Waals surface area contributed by atoms with E-state index in [2.05, 4.69) is 15.1 Å². The average Bonchev–Trinajstić information content (AvgIpc) is 2.87. The molecule has 0 amide bonds. The molecule has 0 fully saturated rings. The maximum atomic E-state index is 5.53. The summed E-state index contributed by atoms with van der Waals surface area (Å²) in [5.41, 5.74) is 9.09. The Bertz CT molecular complexity index is 659. The number of rotatable bonds is 2. The molecule has 0 aliphatic heterocycles. The van der Waals surface area contributed by atoms with E-state index in [1.54, 1.807) is 17.1 Å². The van der Waals surface area contributed by atoms with Gasteiger partial charge in [-0.1, -0.05) is 0 Å². The Morgan fingerprint density at radius 1 is 1.06 bits per heavy atom. The molecule has 0 aliphatic carbocycles. The van der Waals surface area contributed by atoms with E-state index in [-0.39, 0.29) is 0 Å². The van der Waals surface area contributed by atoms with Crippen molar-refractivity contribution in [2.45, 2.75) is 6.54 Å². The van der Waals surface area contributed by atoms with Crippen molar-refractivity contribution in [3.8, 4) is 5.69 Å². The molecule has 0 saturated heterocycles. The molecule has 17 heavy (non-hydrogen) atoms. The highest BCUT2D eigenvalue weighted by atomic mass is 15.3. The highest BCUT2D eigenvalue weighted by Gasteiger charge is 2.02. The van der Waals surface area contributed by atoms with Gasteiger partial charge in [-0.2, -0.15) is 5.10 Å². The molecule has 1 aromatic carbocycles. The first-order valence-electron chi connectivity index (χ1n) is 5.32. The number of hydrogen-bond acceptors (Lipinski definition) is 4. The number of nitrogens with zero attached hydrogens (tertiary/aromatic N) is 4. The molecule has 2 heterocycles. The summed E-state index contributed by atoms with van der Waals surface area (Å²) in [7, 11) is 0. The Hall–Kier alpha value is -2.27. The van der Waals surface area contributed by atoms with Crippen molar-refractivity contribution in [3.05, 3.63) is 48.5 Å². The zero-order chi connectivity index (χ0) is 11.7. The van der Waals surface area contributed by atoms with Crippen LogP contribution < -0.4 is 5.73 Å². The summed E-state index contributed by atoms with van der Waals surface area (Å²) in [6, 6.07) is 7.75. The van der Waals surface area contributed by atoms with Crippen LogP contribution in [-0.2, 0) is 6.54 Å². The maximum Gasteiger partial charge on any atom is 0.0908 e. The molecule has 2 aromatic heterocycles. The van der Waals surface area contributed by atoms with Crippen molar-refractivity contribution in [1.29, 1.82) is 0 Å². The lowest BCUT2D eigenvalue weighted by molar-refractivity contribution is 0.834. The number of nitrogens with two attached hydrogens (primary N) is 1. The minimum atomic E-state index is 0.445. The van der Waals surface area contributed by atoms with E-state index in [4.69, 9.17) is 5.73 Å². The van der Waals surface area contributed by atoms with Crippen LogP contribution in [0.15, 0.2) is 42.9 Å². The summed E-state index contributed by atoms with van der Waals surface area (Å²) in [5, 5.41) is 4.35. The summed E-state index contributed by atoms with van der Waals surface area (Å²) in [5.74, 6) is 0. The van der Waals surface area contributed by atoms with Crippen LogP contribution >= 0.6 is 0 Å². The van der Waals surface area contributed by atoms with Gasteiger partial charge in [-0.15, -0.1) is 0 Å². The Morgan fingerprint density at radius 2 is 1.88 bits per heavy atom. The summed E-state index contributed by atoms with van der Waals surface area (Å²) >= 11 is 0. The lowest BCUT2D eigenvalue weighted by Crippen LogP contribution is -2.00. The van der Waals surface area contributed by atoms with Gasteiger partial charge in [0.05, 0.1) is 22.4 Å². The highest BCUT2D eigenvalue weighted by Crippen LogP contribution is 2.14. The van der Waals surface area contributed by atoms with Crippen LogP contribution in [0.2, 0.25) is 0 Å². The number of fused-ring (bicyclic) bond motifs is 1. The summed E-state index contributed by atoms with van der Waals surface area (Å²) in [6.07, 6.45) is 5.25. The minimum absolute atomic E-state index is 0.445. The van der Waals surface area contributed by atoms with E-state index in [9.17, 15) is 0 Å². The molecule has 0 unspecified atom stereocenters. The van der Waals surface area contributed by atoms with Crippen LogP contribution in [0.25, 0.3) is 16.7 Å². The zero-order valence-corrected chi connectivity index (χ0v) is 9.11. The number of hydrogen-bond donors (Lipinski definition) is 1. The first-order chi connectivity index (χ1) is 8.36. The number of benzene rings is 1. The molecular formula is C12H11N5. The molecular weight excluding hydrogens is 214 g/mol. The Labute approximate surface area is 97.9 Å². The van der Waals surface area contributed by atoms with E-state index in [1.807, 2.05) is 30.5 Å². The minimum Gasteiger partial charge on any atom is -0.325 e. The lowest BCUT2D eigenvalue weighted by atomic mass is 10.2. The van der Waals surface area contributed by atoms with Crippen LogP contribution in [-0.4, -0.2) is 19.7 Å². The van der Waals surface area contributed by atoms with E-state index in [0.717, 1.165) is 22.4 Å². The van der Waals surface area contributed by atoms with E-state index in [0.29, 0.717) is 6.54 Å². The summed E-state index contributed by atoms with van der Waals surface area (Å²) < 4.78 is 1.79. The largest absolute Gasteiger partial charge is 0.325 e. The third-order valence-electron chi connectivity index (χ3n) is 2.57. The van der Waals surface area contributed by atoms with E-state index < -0.39 is 0 Å². The van der Waals surface area contributed by atoms with Crippen molar-refractivity contribution >= 4 is 11.0 Å². The van der Waals surface area contributed by atoms with Gasteiger partial charge < -0.3 is 5.73 Å². The van der Waals surface area contributed by atoms with Gasteiger partial charge in [-0.25, -0.2) is 4.68 Å². The van der Waals surface area contributed by atoms with Gasteiger partial charge >= 0.3 is 0 Å². The van der Waals surface area contributed by atoms with Crippen molar-refractivity contribution in [1.82, 2.24) is 19.7 Å². The van der Waals surface area contributed by atoms with Gasteiger partial charge in [0, 0.05) is 25.1 Å². The molecule has 5 heteroatoms. The molecule has 84 valence electrons. The van der Waals surface area contributed by atoms with Crippen LogP contribution in [0.5, 0.6) is 0 Å². The molecule has 0 aliphatic rings. The molecule has 2 N–H and O–H groups in total. The van der Waals surface area contributed by atoms with Crippen LogP contribution in [0.1, 0.15) is 5.69 Å². The Kier molecular flexibility index (Phi) is 2.31. The smallest absolute Gasteiger partial charge is 0.0908 e. The predicted molar refractivity (Wildman–Crippen MR) is 64.6 cm³/mol. The first-order valence-corrected chi connectivity index (χ1v) is 5.32. The fourth-order valence-electron chi connectivity index (χ4n) is 1.71. The molecule has 5 nitrogen and oxygen atoms in total. The normalized spacial score (nSPS) is 10.9. The summed E-state index contributed by atoms with van der Waals surface area (Å²) in [4.78, 5) is 8.49. The fraction of sp³-hybridized carbons (Fsp3) is 0.0833. The average molecular weight is 225 g/mol. The summed E-state index contributed by atoms with van der Waals surface area (Å²) in [6.45, 7) is 0.445. The van der Waals surface area contributed by atoms with E-state index in [1.165, 1.54) is 0 Å². The van der Waals surface area contributed by atoms with Crippen LogP contribution in [0, 0.1) is 0 Å². The van der Waals surface area contributed by atoms with Crippen LogP contribution in [0.3, 0.4) is 0 Å². The van der Waals surface area contributed by atoms with Gasteiger partial charge in [0.25, 0.3) is 0 Å². The zero-order valence-electron chi connectivity index (χ0n) is 9.11. The monoisotopic (exact) mass is 225 g/mol. The molecule has 3 aromatic rings. The first kappa shape index (κ1) is 9.92. The molecule has 0 bridgehead atoms. The lowest BCUT2D eigenvalue weighted by Gasteiger charge is -2.02. The molecule has 0 saturated carbocycles. The molecule has 0 spiro atoms. The van der Waals surface area contributed by atoms with Gasteiger partial charge in [0.2, 0.25) is 0 Å². The Balaban J connectivity index is 2.11. The fourth-order valence-corrected chi connectivity index (χ4v) is 1.71. The third kappa shape index (κ3) is 1.76. The van der Waals surface area contributed by atoms with Crippen molar-refractivity contribution in [2.24, 2.45) is 5.73 Å². The molecule has 0 atom stereocenters. The molecule has 3 rings (SSSR count). The van der Waals surface area contributed by atoms with Crippen molar-refractivity contribution in [3.63, 3.8) is 0 Å². The quantitative estimate of drug-likeness (QED) is 0.713. The molecule has 0 radical (unpaired) electrons. The van der Waals surface area contributed by atoms with Gasteiger partial charge in [0.1, 0.15) is 0 Å². The standard InChI is InChI=1S/C12H11N5/c13-8-9-3-6-17(16-9)10-1-2-11-12(7-10)15-5-4-14-11/h1-7H,8,13H2. The van der Waals surface area contributed by atoms with E-state index >= 15 is 0 Å². The highest BCUT2D eigenvalue weighted by molar-refractivity contribution is 5.76. The van der Waals surface area contributed by atoms with Crippen molar-refractivity contribution in [2.75, 3.05) is 0 Å². The second-order valence-corrected chi connectivity index (χ2v) is 3.69. The third-order valence-corrected chi connectivity index (χ3v) is 2.57.